The van der Waals surface area contributed by atoms with Crippen LogP contribution in [0.4, 0.5) is 26.0 Å². The number of pyridine rings is 1. The summed E-state index contributed by atoms with van der Waals surface area (Å²) in [5, 5.41) is 12.2. The van der Waals surface area contributed by atoms with Gasteiger partial charge >= 0.3 is 5.97 Å². The van der Waals surface area contributed by atoms with Crippen LogP contribution < -0.4 is 10.2 Å². The Morgan fingerprint density at radius 3 is 2.45 bits per heavy atom. The van der Waals surface area contributed by atoms with Gasteiger partial charge in [-0.1, -0.05) is 26.0 Å². The van der Waals surface area contributed by atoms with Crippen molar-refractivity contribution in [3.05, 3.63) is 71.4 Å². The van der Waals surface area contributed by atoms with Crippen LogP contribution in [0.25, 0.3) is 11.1 Å². The van der Waals surface area contributed by atoms with Crippen molar-refractivity contribution >= 4 is 28.9 Å². The number of aromatic nitrogens is 1. The molecule has 2 heterocycles. The van der Waals surface area contributed by atoms with Crippen molar-refractivity contribution in [3.8, 4) is 17.2 Å². The summed E-state index contributed by atoms with van der Waals surface area (Å²) < 4.78 is 33.6. The Morgan fingerprint density at radius 1 is 1.18 bits per heavy atom. The zero-order valence-corrected chi connectivity index (χ0v) is 23.2. The normalized spacial score (nSPS) is 14.2. The predicted octanol–water partition coefficient (Wildman–Crippen LogP) is 6.76. The molecule has 9 heteroatoms. The van der Waals surface area contributed by atoms with E-state index in [4.69, 9.17) is 4.74 Å². The molecule has 7 nitrogen and oxygen atoms in total. The molecule has 1 fully saturated rings. The highest BCUT2D eigenvalue weighted by molar-refractivity contribution is 6.12. The number of hydrogen-bond acceptors (Lipinski definition) is 7. The number of carbonyl (C=O) groups excluding carboxylic acids is 1. The van der Waals surface area contributed by atoms with Crippen molar-refractivity contribution in [2.75, 3.05) is 37.0 Å². The topological polar surface area (TPSA) is 90.6 Å². The van der Waals surface area contributed by atoms with Crippen LogP contribution in [0.5, 0.6) is 0 Å². The summed E-state index contributed by atoms with van der Waals surface area (Å²) in [6, 6.07) is 15.2. The summed E-state index contributed by atoms with van der Waals surface area (Å²) in [5.41, 5.74) is 3.89. The lowest BCUT2D eigenvalue weighted by atomic mass is 9.91. The van der Waals surface area contributed by atoms with Crippen molar-refractivity contribution < 1.29 is 18.3 Å². The van der Waals surface area contributed by atoms with Crippen LogP contribution in [0.1, 0.15) is 49.7 Å². The van der Waals surface area contributed by atoms with Crippen LogP contribution in [0.3, 0.4) is 0 Å². The molecule has 0 radical (unpaired) electrons. The highest BCUT2D eigenvalue weighted by Crippen LogP contribution is 2.35. The third-order valence-electron chi connectivity index (χ3n) is 6.95. The Bertz CT molecular complexity index is 1440. The third-order valence-corrected chi connectivity index (χ3v) is 6.95. The number of rotatable bonds is 8. The quantitative estimate of drug-likeness (QED) is 0.248. The van der Waals surface area contributed by atoms with Gasteiger partial charge < -0.3 is 15.0 Å². The molecule has 2 aromatic carbocycles. The van der Waals surface area contributed by atoms with Crippen molar-refractivity contribution in [2.24, 2.45) is 16.8 Å². The first-order valence-electron chi connectivity index (χ1n) is 13.4. The second-order valence-electron chi connectivity index (χ2n) is 9.95. The Hall–Kier alpha value is -4.32. The number of carbonyl (C=O) groups is 1. The minimum absolute atomic E-state index is 0.0115. The molecule has 208 valence electrons. The number of piperidine rings is 1. The molecule has 0 aliphatic carbocycles. The first-order chi connectivity index (χ1) is 19.2. The van der Waals surface area contributed by atoms with Crippen LogP contribution in [0, 0.1) is 34.8 Å². The van der Waals surface area contributed by atoms with E-state index in [0.717, 1.165) is 49.3 Å². The zero-order valence-electron chi connectivity index (χ0n) is 23.2. The van der Waals surface area contributed by atoms with Crippen molar-refractivity contribution in [1.29, 1.82) is 5.26 Å². The molecule has 1 N–H and O–H groups in total. The fraction of sp³-hybridized carbons (Fsp3) is 0.355. The Morgan fingerprint density at radius 2 is 1.88 bits per heavy atom. The van der Waals surface area contributed by atoms with Gasteiger partial charge in [-0.3, -0.25) is 4.99 Å². The maximum absolute atomic E-state index is 14.7. The fourth-order valence-corrected chi connectivity index (χ4v) is 4.93. The second-order valence-corrected chi connectivity index (χ2v) is 9.95. The average Bonchev–Trinajstić information content (AvgIpc) is 2.95. The lowest BCUT2D eigenvalue weighted by Gasteiger charge is -2.31. The third kappa shape index (κ3) is 6.28. The van der Waals surface area contributed by atoms with Crippen LogP contribution in [0.15, 0.2) is 53.5 Å². The monoisotopic (exact) mass is 545 g/mol. The molecule has 0 unspecified atom stereocenters. The van der Waals surface area contributed by atoms with Gasteiger partial charge in [0.25, 0.3) is 0 Å². The molecular formula is C31H33F2N5O2. The zero-order chi connectivity index (χ0) is 28.8. The van der Waals surface area contributed by atoms with Gasteiger partial charge in [-0.2, -0.15) is 5.26 Å². The van der Waals surface area contributed by atoms with E-state index in [9.17, 15) is 18.8 Å². The number of ether oxygens (including phenoxy) is 1. The molecule has 40 heavy (non-hydrogen) atoms. The van der Waals surface area contributed by atoms with Gasteiger partial charge in [-0.25, -0.2) is 18.6 Å². The number of nitriles is 1. The number of nitrogens with zero attached hydrogens (tertiary/aromatic N) is 4. The summed E-state index contributed by atoms with van der Waals surface area (Å²) >= 11 is 0. The van der Waals surface area contributed by atoms with Gasteiger partial charge in [0.2, 0.25) is 0 Å². The first kappa shape index (κ1) is 28.7. The molecule has 0 amide bonds. The fourth-order valence-electron chi connectivity index (χ4n) is 4.93. The van der Waals surface area contributed by atoms with E-state index < -0.39 is 17.6 Å². The molecule has 0 saturated carbocycles. The molecule has 4 rings (SSSR count). The van der Waals surface area contributed by atoms with Crippen LogP contribution in [-0.2, 0) is 4.74 Å². The van der Waals surface area contributed by atoms with E-state index in [1.807, 2.05) is 38.1 Å². The molecule has 1 saturated heterocycles. The lowest BCUT2D eigenvalue weighted by Crippen LogP contribution is -2.33. The second kappa shape index (κ2) is 12.7. The van der Waals surface area contributed by atoms with Crippen LogP contribution in [-0.4, -0.2) is 43.4 Å². The van der Waals surface area contributed by atoms with Gasteiger partial charge in [0, 0.05) is 49.1 Å². The van der Waals surface area contributed by atoms with Gasteiger partial charge in [-0.15, -0.1) is 0 Å². The standard InChI is InChI=1S/C31H33F2N5O2/c1-5-40-31(39)27-17-24(21-6-9-23(10-7-21)38-14-12-20(18-34)13-15-38)28(29(35-4)19(2)3)30(37-27)36-26-11-8-22(32)16-25(26)33/h6-11,16-17,19-20H,5,12-15H2,1-4H3,(H,36,37). The molecule has 1 aromatic heterocycles. The SMILES string of the molecule is CCOC(=O)c1cc(-c2ccc(N3CCC(C#N)CC3)cc2)c(C(=NC)C(C)C)c(Nc2ccc(F)cc2F)n1. The maximum atomic E-state index is 14.7. The average molecular weight is 546 g/mol. The Labute approximate surface area is 233 Å². The van der Waals surface area contributed by atoms with Crippen molar-refractivity contribution in [3.63, 3.8) is 0 Å². The summed E-state index contributed by atoms with van der Waals surface area (Å²) in [6.07, 6.45) is 1.66. The van der Waals surface area contributed by atoms with E-state index in [0.29, 0.717) is 16.8 Å². The summed E-state index contributed by atoms with van der Waals surface area (Å²) in [6.45, 7) is 7.46. The van der Waals surface area contributed by atoms with Crippen molar-refractivity contribution in [2.45, 2.75) is 33.6 Å². The Balaban J connectivity index is 1.85. The van der Waals surface area contributed by atoms with E-state index in [1.165, 1.54) is 6.07 Å². The number of benzene rings is 2. The van der Waals surface area contributed by atoms with E-state index in [1.54, 1.807) is 20.0 Å². The number of esters is 1. The minimum atomic E-state index is -0.792. The number of halogens is 2. The lowest BCUT2D eigenvalue weighted by molar-refractivity contribution is 0.0519. The summed E-state index contributed by atoms with van der Waals surface area (Å²) in [4.78, 5) is 24.2. The largest absolute Gasteiger partial charge is 0.461 e. The molecule has 0 spiro atoms. The first-order valence-corrected chi connectivity index (χ1v) is 13.4. The molecule has 0 bridgehead atoms. The van der Waals surface area contributed by atoms with Gasteiger partial charge in [-0.05, 0) is 67.1 Å². The number of aliphatic imine (C=N–C) groups is 1. The minimum Gasteiger partial charge on any atom is -0.461 e. The van der Waals surface area contributed by atoms with Gasteiger partial charge in [0.05, 0.1) is 18.4 Å². The number of hydrogen-bond donors (Lipinski definition) is 1. The van der Waals surface area contributed by atoms with E-state index in [-0.39, 0.29) is 35.6 Å². The molecule has 1 aliphatic heterocycles. The van der Waals surface area contributed by atoms with Gasteiger partial charge in [0.15, 0.2) is 5.69 Å². The predicted molar refractivity (Wildman–Crippen MR) is 153 cm³/mol. The molecule has 3 aromatic rings. The van der Waals surface area contributed by atoms with Crippen LogP contribution >= 0.6 is 0 Å². The smallest absolute Gasteiger partial charge is 0.357 e. The van der Waals surface area contributed by atoms with Crippen LogP contribution in [0.2, 0.25) is 0 Å². The summed E-state index contributed by atoms with van der Waals surface area (Å²) in [5.74, 6) is -1.83. The number of anilines is 3. The molecule has 0 atom stereocenters. The van der Waals surface area contributed by atoms with Gasteiger partial charge in [0.1, 0.15) is 17.5 Å². The highest BCUT2D eigenvalue weighted by Gasteiger charge is 2.25. The van der Waals surface area contributed by atoms with E-state index >= 15 is 0 Å². The highest BCUT2D eigenvalue weighted by atomic mass is 19.1. The van der Waals surface area contributed by atoms with Crippen molar-refractivity contribution in [1.82, 2.24) is 4.98 Å². The maximum Gasteiger partial charge on any atom is 0.357 e. The van der Waals surface area contributed by atoms with E-state index in [2.05, 4.69) is 26.3 Å². The summed E-state index contributed by atoms with van der Waals surface area (Å²) in [7, 11) is 1.68. The molecule has 1 aliphatic rings. The molecular weight excluding hydrogens is 512 g/mol. The Kier molecular flexibility index (Phi) is 9.10. The number of nitrogens with one attached hydrogen (secondary N) is 1.